The second-order valence-electron chi connectivity index (χ2n) is 7.60. The number of rotatable bonds is 8. The summed E-state index contributed by atoms with van der Waals surface area (Å²) in [6.45, 7) is 12.5. The predicted octanol–water partition coefficient (Wildman–Crippen LogP) is 3.99. The van der Waals surface area contributed by atoms with Crippen molar-refractivity contribution in [1.29, 1.82) is 0 Å². The third-order valence-corrected chi connectivity index (χ3v) is 5.66. The molecule has 1 fully saturated rings. The molecule has 0 spiro atoms. The molecular weight excluding hydrogens is 360 g/mol. The van der Waals surface area contributed by atoms with Crippen molar-refractivity contribution in [3.63, 3.8) is 0 Å². The minimum atomic E-state index is 0.237. The van der Waals surface area contributed by atoms with Crippen LogP contribution in [0.4, 0.5) is 17.1 Å². The molecule has 0 aromatic heterocycles. The third kappa shape index (κ3) is 5.66. The Kier molecular flexibility index (Phi) is 7.39. The van der Waals surface area contributed by atoms with Crippen LogP contribution in [0.5, 0.6) is 0 Å². The summed E-state index contributed by atoms with van der Waals surface area (Å²) in [5, 5.41) is 3.38. The summed E-state index contributed by atoms with van der Waals surface area (Å²) in [6.07, 6.45) is 0.530. The molecule has 1 aliphatic heterocycles. The summed E-state index contributed by atoms with van der Waals surface area (Å²) in [5.74, 6) is 0.237. The highest BCUT2D eigenvalue weighted by Crippen LogP contribution is 2.19. The lowest BCUT2D eigenvalue weighted by atomic mass is 10.2. The fourth-order valence-electron chi connectivity index (χ4n) is 3.89. The van der Waals surface area contributed by atoms with Gasteiger partial charge in [-0.15, -0.1) is 0 Å². The number of amides is 1. The first-order chi connectivity index (χ1) is 14.1. The summed E-state index contributed by atoms with van der Waals surface area (Å²) in [4.78, 5) is 19.3. The molecule has 1 amide bonds. The zero-order chi connectivity index (χ0) is 20.6. The molecule has 0 atom stereocenters. The first kappa shape index (κ1) is 21.0. The number of nitrogens with zero attached hydrogens (tertiary/aromatic N) is 3. The van der Waals surface area contributed by atoms with Gasteiger partial charge in [0.05, 0.1) is 0 Å². The third-order valence-electron chi connectivity index (χ3n) is 5.66. The second kappa shape index (κ2) is 10.2. The number of aryl methyl sites for hydroxylation is 1. The lowest BCUT2D eigenvalue weighted by Crippen LogP contribution is -2.49. The Hall–Kier alpha value is -2.69. The van der Waals surface area contributed by atoms with Gasteiger partial charge in [0, 0.05) is 69.3 Å². The van der Waals surface area contributed by atoms with Crippen molar-refractivity contribution in [3.05, 3.63) is 54.1 Å². The van der Waals surface area contributed by atoms with Gasteiger partial charge in [0.1, 0.15) is 0 Å². The van der Waals surface area contributed by atoms with E-state index in [9.17, 15) is 4.79 Å². The Bertz CT molecular complexity index is 778. The van der Waals surface area contributed by atoms with Crippen LogP contribution in [0.25, 0.3) is 0 Å². The lowest BCUT2D eigenvalue weighted by Gasteiger charge is -2.36. The van der Waals surface area contributed by atoms with Crippen molar-refractivity contribution in [2.24, 2.45) is 0 Å². The van der Waals surface area contributed by atoms with E-state index in [4.69, 9.17) is 0 Å². The molecule has 1 heterocycles. The molecular formula is C24H34N4O. The topological polar surface area (TPSA) is 38.8 Å². The van der Waals surface area contributed by atoms with Gasteiger partial charge in [0.15, 0.2) is 0 Å². The minimum Gasteiger partial charge on any atom is -0.385 e. The summed E-state index contributed by atoms with van der Waals surface area (Å²) >= 11 is 0. The average Bonchev–Trinajstić information content (AvgIpc) is 2.76. The summed E-state index contributed by atoms with van der Waals surface area (Å²) < 4.78 is 0. The number of carbonyl (C=O) groups is 1. The van der Waals surface area contributed by atoms with Gasteiger partial charge in [-0.2, -0.15) is 0 Å². The van der Waals surface area contributed by atoms with Crippen LogP contribution in [0.3, 0.4) is 0 Å². The van der Waals surface area contributed by atoms with E-state index in [1.54, 1.807) is 0 Å². The maximum absolute atomic E-state index is 12.6. The standard InChI is InChI=1S/C24H34N4O/c1-4-26(5-2)22-11-9-21(10-12-22)25-14-13-24(29)28-17-15-27(16-18-28)23-8-6-7-20(3)19-23/h6-12,19,25H,4-5,13-18H2,1-3H3. The van der Waals surface area contributed by atoms with Crippen molar-refractivity contribution >= 4 is 23.0 Å². The van der Waals surface area contributed by atoms with E-state index < -0.39 is 0 Å². The van der Waals surface area contributed by atoms with Crippen molar-refractivity contribution in [3.8, 4) is 0 Å². The molecule has 5 nitrogen and oxygen atoms in total. The molecule has 2 aromatic carbocycles. The Morgan fingerprint density at radius 3 is 2.31 bits per heavy atom. The Morgan fingerprint density at radius 2 is 1.69 bits per heavy atom. The average molecular weight is 395 g/mol. The number of hydrogen-bond acceptors (Lipinski definition) is 4. The molecule has 0 saturated carbocycles. The summed E-state index contributed by atoms with van der Waals surface area (Å²) in [5.41, 5.74) is 4.84. The SMILES string of the molecule is CCN(CC)c1ccc(NCCC(=O)N2CCN(c3cccc(C)c3)CC2)cc1. The zero-order valence-corrected chi connectivity index (χ0v) is 18.0. The Morgan fingerprint density at radius 1 is 1.00 bits per heavy atom. The van der Waals surface area contributed by atoms with Gasteiger partial charge in [0.25, 0.3) is 0 Å². The second-order valence-corrected chi connectivity index (χ2v) is 7.60. The smallest absolute Gasteiger partial charge is 0.224 e. The first-order valence-electron chi connectivity index (χ1n) is 10.8. The van der Waals surface area contributed by atoms with Gasteiger partial charge in [-0.1, -0.05) is 12.1 Å². The Balaban J connectivity index is 1.41. The van der Waals surface area contributed by atoms with Crippen LogP contribution in [0, 0.1) is 6.92 Å². The molecule has 1 aliphatic rings. The van der Waals surface area contributed by atoms with E-state index >= 15 is 0 Å². The van der Waals surface area contributed by atoms with Crippen LogP contribution in [-0.4, -0.2) is 56.6 Å². The van der Waals surface area contributed by atoms with Crippen molar-refractivity contribution in [2.75, 3.05) is 60.9 Å². The largest absolute Gasteiger partial charge is 0.385 e. The molecule has 29 heavy (non-hydrogen) atoms. The highest BCUT2D eigenvalue weighted by Gasteiger charge is 2.20. The van der Waals surface area contributed by atoms with E-state index in [-0.39, 0.29) is 5.91 Å². The normalized spacial score (nSPS) is 14.0. The quantitative estimate of drug-likeness (QED) is 0.735. The van der Waals surface area contributed by atoms with Gasteiger partial charge in [-0.25, -0.2) is 0 Å². The highest BCUT2D eigenvalue weighted by atomic mass is 16.2. The van der Waals surface area contributed by atoms with E-state index in [1.807, 2.05) is 4.90 Å². The van der Waals surface area contributed by atoms with Gasteiger partial charge in [-0.05, 0) is 62.7 Å². The molecule has 3 rings (SSSR count). The minimum absolute atomic E-state index is 0.237. The predicted molar refractivity (Wildman–Crippen MR) is 123 cm³/mol. The van der Waals surface area contributed by atoms with Crippen LogP contribution in [-0.2, 0) is 4.79 Å². The van der Waals surface area contributed by atoms with Crippen molar-refractivity contribution < 1.29 is 4.79 Å². The first-order valence-corrected chi connectivity index (χ1v) is 10.8. The number of piperazine rings is 1. The molecule has 1 saturated heterocycles. The number of anilines is 3. The maximum atomic E-state index is 12.6. The van der Waals surface area contributed by atoms with Crippen molar-refractivity contribution in [2.45, 2.75) is 27.2 Å². The maximum Gasteiger partial charge on any atom is 0.224 e. The lowest BCUT2D eigenvalue weighted by molar-refractivity contribution is -0.131. The van der Waals surface area contributed by atoms with E-state index in [2.05, 4.69) is 84.4 Å². The summed E-state index contributed by atoms with van der Waals surface area (Å²) in [6, 6.07) is 17.1. The monoisotopic (exact) mass is 394 g/mol. The molecule has 1 N–H and O–H groups in total. The van der Waals surface area contributed by atoms with Crippen LogP contribution < -0.4 is 15.1 Å². The molecule has 0 unspecified atom stereocenters. The van der Waals surface area contributed by atoms with Gasteiger partial charge in [0.2, 0.25) is 5.91 Å². The molecule has 5 heteroatoms. The fourth-order valence-corrected chi connectivity index (χ4v) is 3.89. The van der Waals surface area contributed by atoms with Gasteiger partial charge in [-0.3, -0.25) is 4.79 Å². The van der Waals surface area contributed by atoms with Crippen molar-refractivity contribution in [1.82, 2.24) is 4.90 Å². The van der Waals surface area contributed by atoms with Crippen LogP contribution in [0.1, 0.15) is 25.8 Å². The van der Waals surface area contributed by atoms with Gasteiger partial charge >= 0.3 is 0 Å². The van der Waals surface area contributed by atoms with Crippen LogP contribution in [0.2, 0.25) is 0 Å². The molecule has 0 aliphatic carbocycles. The number of hydrogen-bond donors (Lipinski definition) is 1. The highest BCUT2D eigenvalue weighted by molar-refractivity contribution is 5.77. The number of benzene rings is 2. The number of carbonyl (C=O) groups excluding carboxylic acids is 1. The van der Waals surface area contributed by atoms with E-state index in [1.165, 1.54) is 16.9 Å². The molecule has 156 valence electrons. The fraction of sp³-hybridized carbons (Fsp3) is 0.458. The van der Waals surface area contributed by atoms with E-state index in [0.29, 0.717) is 13.0 Å². The van der Waals surface area contributed by atoms with E-state index in [0.717, 1.165) is 45.0 Å². The number of nitrogens with one attached hydrogen (secondary N) is 1. The molecule has 0 radical (unpaired) electrons. The van der Waals surface area contributed by atoms with Crippen LogP contribution in [0.15, 0.2) is 48.5 Å². The van der Waals surface area contributed by atoms with Gasteiger partial charge < -0.3 is 20.0 Å². The molecule has 2 aromatic rings. The molecule has 0 bridgehead atoms. The van der Waals surface area contributed by atoms with Crippen LogP contribution >= 0.6 is 0 Å². The Labute approximate surface area is 175 Å². The summed E-state index contributed by atoms with van der Waals surface area (Å²) in [7, 11) is 0. The zero-order valence-electron chi connectivity index (χ0n) is 18.0.